The van der Waals surface area contributed by atoms with Gasteiger partial charge in [0.25, 0.3) is 0 Å². The van der Waals surface area contributed by atoms with Gasteiger partial charge in [0.15, 0.2) is 0 Å². The maximum atomic E-state index is 6.11. The summed E-state index contributed by atoms with van der Waals surface area (Å²) in [5.74, 6) is 1.51. The van der Waals surface area contributed by atoms with Crippen molar-refractivity contribution in [1.29, 1.82) is 0 Å². The van der Waals surface area contributed by atoms with E-state index in [0.29, 0.717) is 30.9 Å². The predicted molar refractivity (Wildman–Crippen MR) is 102 cm³/mol. The quantitative estimate of drug-likeness (QED) is 0.776. The molecule has 7 nitrogen and oxygen atoms in total. The minimum absolute atomic E-state index is 0.343. The van der Waals surface area contributed by atoms with Crippen molar-refractivity contribution in [2.24, 2.45) is 0 Å². The molecule has 0 bridgehead atoms. The van der Waals surface area contributed by atoms with E-state index in [1.807, 2.05) is 24.5 Å². The molecular formula is C19H22N6O. The van der Waals surface area contributed by atoms with E-state index in [2.05, 4.69) is 33.7 Å². The van der Waals surface area contributed by atoms with E-state index in [4.69, 9.17) is 15.5 Å². The van der Waals surface area contributed by atoms with E-state index in [1.165, 1.54) is 0 Å². The summed E-state index contributed by atoms with van der Waals surface area (Å²) in [6.07, 6.45) is 5.50. The summed E-state index contributed by atoms with van der Waals surface area (Å²) in [7, 11) is 0. The van der Waals surface area contributed by atoms with Gasteiger partial charge in [0.05, 0.1) is 18.9 Å². The molecule has 4 heterocycles. The number of ether oxygens (including phenoxy) is 1. The van der Waals surface area contributed by atoms with Crippen LogP contribution >= 0.6 is 0 Å². The first-order chi connectivity index (χ1) is 12.6. The van der Waals surface area contributed by atoms with Gasteiger partial charge >= 0.3 is 0 Å². The Balaban J connectivity index is 1.85. The van der Waals surface area contributed by atoms with E-state index < -0.39 is 0 Å². The van der Waals surface area contributed by atoms with Crippen molar-refractivity contribution in [3.8, 4) is 11.4 Å². The minimum Gasteiger partial charge on any atom is -0.384 e. The second-order valence-electron chi connectivity index (χ2n) is 6.72. The zero-order chi connectivity index (χ0) is 18.1. The normalized spacial score (nSPS) is 15.0. The third-order valence-electron chi connectivity index (χ3n) is 4.61. The number of anilines is 2. The summed E-state index contributed by atoms with van der Waals surface area (Å²) in [6, 6.07) is 3.78. The molecule has 0 spiro atoms. The highest BCUT2D eigenvalue weighted by molar-refractivity contribution is 5.96. The average molecular weight is 350 g/mol. The fourth-order valence-electron chi connectivity index (χ4n) is 3.26. The molecule has 0 atom stereocenters. The van der Waals surface area contributed by atoms with Crippen LogP contribution in [0, 0.1) is 0 Å². The maximum Gasteiger partial charge on any atom is 0.226 e. The summed E-state index contributed by atoms with van der Waals surface area (Å²) in [5.41, 5.74) is 8.76. The highest BCUT2D eigenvalue weighted by Gasteiger charge is 2.17. The monoisotopic (exact) mass is 350 g/mol. The molecule has 0 aromatic carbocycles. The number of nitrogen functional groups attached to an aromatic ring is 1. The first-order valence-electron chi connectivity index (χ1n) is 8.83. The van der Waals surface area contributed by atoms with Crippen molar-refractivity contribution in [3.63, 3.8) is 0 Å². The molecule has 1 fully saturated rings. The molecule has 2 N–H and O–H groups in total. The summed E-state index contributed by atoms with van der Waals surface area (Å²) in [6.45, 7) is 7.24. The van der Waals surface area contributed by atoms with Crippen LogP contribution in [0.3, 0.4) is 0 Å². The molecule has 1 aliphatic heterocycles. The van der Waals surface area contributed by atoms with Gasteiger partial charge in [0, 0.05) is 37.1 Å². The lowest BCUT2D eigenvalue weighted by molar-refractivity contribution is 0.122. The van der Waals surface area contributed by atoms with Crippen LogP contribution < -0.4 is 10.6 Å². The van der Waals surface area contributed by atoms with Gasteiger partial charge in [-0.2, -0.15) is 0 Å². The smallest absolute Gasteiger partial charge is 0.226 e. The lowest BCUT2D eigenvalue weighted by Crippen LogP contribution is -2.37. The van der Waals surface area contributed by atoms with Crippen LogP contribution in [0.4, 0.5) is 11.8 Å². The number of hydrogen-bond acceptors (Lipinski definition) is 7. The molecule has 4 rings (SSSR count). The van der Waals surface area contributed by atoms with Gasteiger partial charge in [-0.3, -0.25) is 4.98 Å². The number of nitrogens with zero attached hydrogens (tertiary/aromatic N) is 5. The van der Waals surface area contributed by atoms with Gasteiger partial charge in [-0.05, 0) is 29.0 Å². The Labute approximate surface area is 152 Å². The van der Waals surface area contributed by atoms with Crippen LogP contribution in [0.5, 0.6) is 0 Å². The molecule has 0 saturated carbocycles. The van der Waals surface area contributed by atoms with E-state index in [9.17, 15) is 0 Å². The Hall–Kier alpha value is -2.80. The minimum atomic E-state index is 0.343. The lowest BCUT2D eigenvalue weighted by atomic mass is 9.98. The van der Waals surface area contributed by atoms with Crippen molar-refractivity contribution in [2.75, 3.05) is 36.9 Å². The first kappa shape index (κ1) is 16.7. The molecule has 0 aliphatic carbocycles. The number of nitrogens with two attached hydrogens (primary N) is 1. The largest absolute Gasteiger partial charge is 0.384 e. The number of morpholine rings is 1. The topological polar surface area (TPSA) is 90.0 Å². The summed E-state index contributed by atoms with van der Waals surface area (Å²) in [5, 5.41) is 2.03. The Morgan fingerprint density at radius 2 is 1.92 bits per heavy atom. The number of aromatic nitrogens is 4. The zero-order valence-electron chi connectivity index (χ0n) is 15.0. The van der Waals surface area contributed by atoms with Gasteiger partial charge in [0.2, 0.25) is 5.95 Å². The standard InChI is InChI=1S/C19H22N6O/c1-12(2)14-10-21-11-15-13(14)9-17(20)24-18(15)16-3-4-22-19(23-16)25-5-7-26-8-6-25/h3-4,9-12H,5-8H2,1-2H3,(H2,20,24). The van der Waals surface area contributed by atoms with E-state index in [1.54, 1.807) is 6.20 Å². The molecule has 0 amide bonds. The highest BCUT2D eigenvalue weighted by Crippen LogP contribution is 2.32. The molecule has 134 valence electrons. The molecule has 0 unspecified atom stereocenters. The van der Waals surface area contributed by atoms with Crippen molar-refractivity contribution < 1.29 is 4.74 Å². The van der Waals surface area contributed by atoms with Crippen LogP contribution in [0.2, 0.25) is 0 Å². The Morgan fingerprint density at radius 3 is 2.69 bits per heavy atom. The van der Waals surface area contributed by atoms with Crippen LogP contribution in [-0.2, 0) is 4.74 Å². The number of fused-ring (bicyclic) bond motifs is 1. The molecule has 1 aliphatic rings. The second-order valence-corrected chi connectivity index (χ2v) is 6.72. The molecule has 7 heteroatoms. The molecule has 1 saturated heterocycles. The Morgan fingerprint density at radius 1 is 1.12 bits per heavy atom. The summed E-state index contributed by atoms with van der Waals surface area (Å²) in [4.78, 5) is 20.3. The number of rotatable bonds is 3. The fourth-order valence-corrected chi connectivity index (χ4v) is 3.26. The molecule has 3 aromatic heterocycles. The fraction of sp³-hybridized carbons (Fsp3) is 0.368. The van der Waals surface area contributed by atoms with Crippen LogP contribution in [0.15, 0.2) is 30.7 Å². The molecular weight excluding hydrogens is 328 g/mol. The van der Waals surface area contributed by atoms with E-state index in [-0.39, 0.29) is 0 Å². The number of pyridine rings is 2. The van der Waals surface area contributed by atoms with Crippen molar-refractivity contribution in [2.45, 2.75) is 19.8 Å². The highest BCUT2D eigenvalue weighted by atomic mass is 16.5. The average Bonchev–Trinajstić information content (AvgIpc) is 2.67. The SMILES string of the molecule is CC(C)c1cncc2c(-c3ccnc(N4CCOCC4)n3)nc(N)cc12. The first-order valence-corrected chi connectivity index (χ1v) is 8.83. The van der Waals surface area contributed by atoms with Gasteiger partial charge in [-0.25, -0.2) is 15.0 Å². The van der Waals surface area contributed by atoms with Gasteiger partial charge in [-0.1, -0.05) is 13.8 Å². The Kier molecular flexibility index (Phi) is 4.38. The van der Waals surface area contributed by atoms with Crippen LogP contribution in [0.25, 0.3) is 22.2 Å². The van der Waals surface area contributed by atoms with Crippen molar-refractivity contribution in [3.05, 3.63) is 36.3 Å². The zero-order valence-corrected chi connectivity index (χ0v) is 15.0. The van der Waals surface area contributed by atoms with Crippen LogP contribution in [0.1, 0.15) is 25.3 Å². The lowest BCUT2D eigenvalue weighted by Gasteiger charge is -2.26. The summed E-state index contributed by atoms with van der Waals surface area (Å²) < 4.78 is 5.41. The maximum absolute atomic E-state index is 6.11. The Bertz CT molecular complexity index is 936. The molecule has 0 radical (unpaired) electrons. The van der Waals surface area contributed by atoms with Crippen LogP contribution in [-0.4, -0.2) is 46.2 Å². The predicted octanol–water partition coefficient (Wildman–Crippen LogP) is 2.63. The number of hydrogen-bond donors (Lipinski definition) is 1. The van der Waals surface area contributed by atoms with E-state index >= 15 is 0 Å². The third kappa shape index (κ3) is 3.06. The summed E-state index contributed by atoms with van der Waals surface area (Å²) >= 11 is 0. The third-order valence-corrected chi connectivity index (χ3v) is 4.61. The van der Waals surface area contributed by atoms with Gasteiger partial charge < -0.3 is 15.4 Å². The van der Waals surface area contributed by atoms with Gasteiger partial charge in [0.1, 0.15) is 11.5 Å². The molecule has 26 heavy (non-hydrogen) atoms. The molecule has 3 aromatic rings. The van der Waals surface area contributed by atoms with Crippen molar-refractivity contribution >= 4 is 22.5 Å². The van der Waals surface area contributed by atoms with Crippen molar-refractivity contribution in [1.82, 2.24) is 19.9 Å². The van der Waals surface area contributed by atoms with Gasteiger partial charge in [-0.15, -0.1) is 0 Å². The second kappa shape index (κ2) is 6.84. The van der Waals surface area contributed by atoms with E-state index in [0.717, 1.165) is 40.8 Å².